The van der Waals surface area contributed by atoms with Gasteiger partial charge in [0.2, 0.25) is 0 Å². The topological polar surface area (TPSA) is 30.5 Å². The lowest BCUT2D eigenvalue weighted by Gasteiger charge is -2.22. The maximum atomic E-state index is 6.25. The number of rotatable bonds is 10. The molecule has 4 rings (SSSR count). The second kappa shape index (κ2) is 11.9. The minimum absolute atomic E-state index is 0.528. The molecule has 3 heteroatoms. The molecule has 0 aromatic heterocycles. The van der Waals surface area contributed by atoms with E-state index >= 15 is 0 Å². The average molecular weight is 444 g/mol. The minimum Gasteiger partial charge on any atom is -0.485 e. The highest BCUT2D eigenvalue weighted by Crippen LogP contribution is 2.30. The quantitative estimate of drug-likeness (QED) is 0.361. The first-order chi connectivity index (χ1) is 16.2. The van der Waals surface area contributed by atoms with E-state index in [4.69, 9.17) is 9.47 Å². The summed E-state index contributed by atoms with van der Waals surface area (Å²) in [6.07, 6.45) is 6.91. The Kier molecular flexibility index (Phi) is 8.43. The Morgan fingerprint density at radius 3 is 1.82 bits per heavy atom. The highest BCUT2D eigenvalue weighted by Gasteiger charge is 2.13. The Balaban J connectivity index is 1.41. The minimum atomic E-state index is 0.528. The van der Waals surface area contributed by atoms with E-state index in [1.807, 2.05) is 0 Å². The normalized spacial score (nSPS) is 14.2. The Hall–Kier alpha value is -2.78. The highest BCUT2D eigenvalue weighted by atomic mass is 16.5. The SMILES string of the molecule is Cc1ccc(COc2ccc(CNCC3CCCCC3)cc2OCc2ccc(C)cc2)cc1. The summed E-state index contributed by atoms with van der Waals surface area (Å²) in [5.74, 6) is 2.42. The summed E-state index contributed by atoms with van der Waals surface area (Å²) in [7, 11) is 0. The van der Waals surface area contributed by atoms with Crippen molar-refractivity contribution >= 4 is 0 Å². The first-order valence-electron chi connectivity index (χ1n) is 12.4. The Morgan fingerprint density at radius 2 is 1.21 bits per heavy atom. The molecule has 1 aliphatic carbocycles. The fraction of sp³-hybridized carbons (Fsp3) is 0.400. The second-order valence-electron chi connectivity index (χ2n) is 9.46. The van der Waals surface area contributed by atoms with Gasteiger partial charge in [0.25, 0.3) is 0 Å². The van der Waals surface area contributed by atoms with Crippen molar-refractivity contribution in [1.82, 2.24) is 5.32 Å². The van der Waals surface area contributed by atoms with Gasteiger partial charge in [0.1, 0.15) is 13.2 Å². The molecule has 33 heavy (non-hydrogen) atoms. The molecule has 0 aliphatic heterocycles. The fourth-order valence-electron chi connectivity index (χ4n) is 4.40. The van der Waals surface area contributed by atoms with Gasteiger partial charge < -0.3 is 14.8 Å². The van der Waals surface area contributed by atoms with Gasteiger partial charge >= 0.3 is 0 Å². The molecule has 1 saturated carbocycles. The van der Waals surface area contributed by atoms with E-state index in [0.29, 0.717) is 13.2 Å². The number of ether oxygens (including phenoxy) is 2. The molecule has 0 spiro atoms. The summed E-state index contributed by atoms with van der Waals surface area (Å²) < 4.78 is 12.4. The molecular weight excluding hydrogens is 406 g/mol. The van der Waals surface area contributed by atoms with Gasteiger partial charge in [-0.1, -0.05) is 85.0 Å². The van der Waals surface area contributed by atoms with Gasteiger partial charge in [0.05, 0.1) is 0 Å². The maximum Gasteiger partial charge on any atom is 0.162 e. The molecule has 0 saturated heterocycles. The van der Waals surface area contributed by atoms with E-state index in [-0.39, 0.29) is 0 Å². The Bertz CT molecular complexity index is 989. The molecule has 1 aliphatic rings. The molecule has 1 N–H and O–H groups in total. The third-order valence-corrected chi connectivity index (χ3v) is 6.52. The molecule has 0 unspecified atom stereocenters. The van der Waals surface area contributed by atoms with Gasteiger partial charge in [0, 0.05) is 6.54 Å². The predicted octanol–water partition coefficient (Wildman–Crippen LogP) is 7.13. The summed E-state index contributed by atoms with van der Waals surface area (Å²) in [5, 5.41) is 3.66. The lowest BCUT2D eigenvalue weighted by molar-refractivity contribution is 0.255. The van der Waals surface area contributed by atoms with Gasteiger partial charge in [-0.3, -0.25) is 0 Å². The van der Waals surface area contributed by atoms with Crippen molar-refractivity contribution in [3.63, 3.8) is 0 Å². The van der Waals surface area contributed by atoms with Crippen LogP contribution in [0.3, 0.4) is 0 Å². The number of hydrogen-bond acceptors (Lipinski definition) is 3. The third-order valence-electron chi connectivity index (χ3n) is 6.52. The molecular formula is C30H37NO2. The average Bonchev–Trinajstić information content (AvgIpc) is 2.85. The molecule has 3 aromatic carbocycles. The van der Waals surface area contributed by atoms with Crippen molar-refractivity contribution < 1.29 is 9.47 Å². The molecule has 0 heterocycles. The summed E-state index contributed by atoms with van der Waals surface area (Å²) in [6.45, 7) is 7.22. The molecule has 0 amide bonds. The van der Waals surface area contributed by atoms with Crippen LogP contribution in [0.5, 0.6) is 11.5 Å². The van der Waals surface area contributed by atoms with E-state index in [1.165, 1.54) is 48.8 Å². The van der Waals surface area contributed by atoms with Crippen LogP contribution >= 0.6 is 0 Å². The highest BCUT2D eigenvalue weighted by molar-refractivity contribution is 5.43. The number of benzene rings is 3. The van der Waals surface area contributed by atoms with Crippen LogP contribution in [0.1, 0.15) is 59.9 Å². The summed E-state index contributed by atoms with van der Waals surface area (Å²) in [6, 6.07) is 23.3. The zero-order chi connectivity index (χ0) is 22.9. The predicted molar refractivity (Wildman–Crippen MR) is 136 cm³/mol. The molecule has 1 fully saturated rings. The summed E-state index contributed by atoms with van der Waals surface area (Å²) >= 11 is 0. The van der Waals surface area contributed by atoms with Crippen molar-refractivity contribution in [3.8, 4) is 11.5 Å². The van der Waals surface area contributed by atoms with Gasteiger partial charge in [-0.25, -0.2) is 0 Å². The first-order valence-corrected chi connectivity index (χ1v) is 12.4. The van der Waals surface area contributed by atoms with Gasteiger partial charge in [-0.2, -0.15) is 0 Å². The number of hydrogen-bond donors (Lipinski definition) is 1. The fourth-order valence-corrected chi connectivity index (χ4v) is 4.40. The van der Waals surface area contributed by atoms with Crippen LogP contribution in [0.2, 0.25) is 0 Å². The molecule has 0 radical (unpaired) electrons. The van der Waals surface area contributed by atoms with Crippen molar-refractivity contribution in [2.75, 3.05) is 6.54 Å². The van der Waals surface area contributed by atoms with Crippen LogP contribution in [0.15, 0.2) is 66.7 Å². The lowest BCUT2D eigenvalue weighted by atomic mass is 9.89. The Morgan fingerprint density at radius 1 is 0.667 bits per heavy atom. The molecule has 0 atom stereocenters. The van der Waals surface area contributed by atoms with Crippen molar-refractivity contribution in [1.29, 1.82) is 0 Å². The molecule has 174 valence electrons. The summed E-state index contributed by atoms with van der Waals surface area (Å²) in [5.41, 5.74) is 6.06. The standard InChI is InChI=1S/C30H37NO2/c1-23-8-12-26(13-9-23)21-32-29-17-16-28(20-31-19-25-6-4-3-5-7-25)18-30(29)33-22-27-14-10-24(2)11-15-27/h8-18,25,31H,3-7,19-22H2,1-2H3. The Labute approximate surface area is 199 Å². The van der Waals surface area contributed by atoms with E-state index in [2.05, 4.69) is 85.9 Å². The summed E-state index contributed by atoms with van der Waals surface area (Å²) in [4.78, 5) is 0. The van der Waals surface area contributed by atoms with Crippen LogP contribution in [0.4, 0.5) is 0 Å². The van der Waals surface area contributed by atoms with E-state index < -0.39 is 0 Å². The van der Waals surface area contributed by atoms with Crippen molar-refractivity contribution in [2.45, 2.75) is 65.7 Å². The van der Waals surface area contributed by atoms with Crippen LogP contribution in [0, 0.1) is 19.8 Å². The van der Waals surface area contributed by atoms with E-state index in [1.54, 1.807) is 0 Å². The van der Waals surface area contributed by atoms with Crippen LogP contribution in [0.25, 0.3) is 0 Å². The van der Waals surface area contributed by atoms with Gasteiger partial charge in [-0.15, -0.1) is 0 Å². The van der Waals surface area contributed by atoms with Gasteiger partial charge in [-0.05, 0) is 68.0 Å². The second-order valence-corrected chi connectivity index (χ2v) is 9.46. The van der Waals surface area contributed by atoms with Gasteiger partial charge in [0.15, 0.2) is 11.5 Å². The number of aryl methyl sites for hydroxylation is 2. The van der Waals surface area contributed by atoms with E-state index in [0.717, 1.165) is 41.6 Å². The molecule has 3 nitrogen and oxygen atoms in total. The van der Waals surface area contributed by atoms with E-state index in [9.17, 15) is 0 Å². The smallest absolute Gasteiger partial charge is 0.162 e. The van der Waals surface area contributed by atoms with Crippen LogP contribution < -0.4 is 14.8 Å². The zero-order valence-corrected chi connectivity index (χ0v) is 20.1. The molecule has 3 aromatic rings. The third kappa shape index (κ3) is 7.36. The maximum absolute atomic E-state index is 6.25. The zero-order valence-electron chi connectivity index (χ0n) is 20.1. The largest absolute Gasteiger partial charge is 0.485 e. The number of nitrogens with one attached hydrogen (secondary N) is 1. The van der Waals surface area contributed by atoms with Crippen molar-refractivity contribution in [3.05, 3.63) is 94.5 Å². The van der Waals surface area contributed by atoms with Crippen molar-refractivity contribution in [2.24, 2.45) is 5.92 Å². The first kappa shape index (κ1) is 23.4. The monoisotopic (exact) mass is 443 g/mol. The lowest BCUT2D eigenvalue weighted by Crippen LogP contribution is -2.24. The molecule has 0 bridgehead atoms. The van der Waals surface area contributed by atoms with Crippen LogP contribution in [-0.2, 0) is 19.8 Å². The van der Waals surface area contributed by atoms with Crippen LogP contribution in [-0.4, -0.2) is 6.54 Å².